The van der Waals surface area contributed by atoms with Crippen LogP contribution in [0.3, 0.4) is 0 Å². The first kappa shape index (κ1) is 13.9. The third kappa shape index (κ3) is 3.70. The van der Waals surface area contributed by atoms with Crippen LogP contribution in [0.25, 0.3) is 0 Å². The lowest BCUT2D eigenvalue weighted by Crippen LogP contribution is -2.27. The lowest BCUT2D eigenvalue weighted by atomic mass is 10.1. The highest BCUT2D eigenvalue weighted by atomic mass is 35.5. The smallest absolute Gasteiger partial charge is 0.308 e. The Balaban J connectivity index is 1.78. The van der Waals surface area contributed by atoms with E-state index in [0.29, 0.717) is 18.1 Å². The highest BCUT2D eigenvalue weighted by molar-refractivity contribution is 6.30. The maximum atomic E-state index is 11.6. The maximum absolute atomic E-state index is 11.6. The van der Waals surface area contributed by atoms with Crippen molar-refractivity contribution in [3.8, 4) is 0 Å². The molecule has 1 atom stereocenters. The lowest BCUT2D eigenvalue weighted by molar-refractivity contribution is -0.141. The Morgan fingerprint density at radius 2 is 2.05 bits per heavy atom. The Kier molecular flexibility index (Phi) is 4.43. The number of hydrogen-bond donors (Lipinski definition) is 1. The van der Waals surface area contributed by atoms with Crippen LogP contribution in [0.1, 0.15) is 18.4 Å². The average molecular weight is 282 g/mol. The first-order chi connectivity index (χ1) is 9.06. The highest BCUT2D eigenvalue weighted by Crippen LogP contribution is 2.18. The number of carbonyl (C=O) groups is 2. The molecule has 0 bridgehead atoms. The van der Waals surface area contributed by atoms with E-state index in [-0.39, 0.29) is 12.3 Å². The van der Waals surface area contributed by atoms with E-state index in [4.69, 9.17) is 16.7 Å². The van der Waals surface area contributed by atoms with Crippen molar-refractivity contribution in [2.45, 2.75) is 19.3 Å². The van der Waals surface area contributed by atoms with Gasteiger partial charge < -0.3 is 10.0 Å². The number of hydrogen-bond acceptors (Lipinski definition) is 2. The van der Waals surface area contributed by atoms with Crippen molar-refractivity contribution in [3.63, 3.8) is 0 Å². The SMILES string of the molecule is O=C(O)[C@H]1CC(=O)N(CCCc2ccc(Cl)cc2)C1. The minimum absolute atomic E-state index is 0.0523. The Labute approximate surface area is 117 Å². The lowest BCUT2D eigenvalue weighted by Gasteiger charge is -2.15. The van der Waals surface area contributed by atoms with Crippen molar-refractivity contribution in [2.24, 2.45) is 5.92 Å². The zero-order chi connectivity index (χ0) is 13.8. The summed E-state index contributed by atoms with van der Waals surface area (Å²) >= 11 is 5.81. The monoisotopic (exact) mass is 281 g/mol. The average Bonchev–Trinajstić information content (AvgIpc) is 2.74. The van der Waals surface area contributed by atoms with Gasteiger partial charge >= 0.3 is 5.97 Å². The second-order valence-electron chi connectivity index (χ2n) is 4.81. The van der Waals surface area contributed by atoms with E-state index in [0.717, 1.165) is 12.8 Å². The molecule has 1 aliphatic rings. The highest BCUT2D eigenvalue weighted by Gasteiger charge is 2.33. The van der Waals surface area contributed by atoms with Gasteiger partial charge in [0.2, 0.25) is 5.91 Å². The summed E-state index contributed by atoms with van der Waals surface area (Å²) in [7, 11) is 0. The number of amides is 1. The van der Waals surface area contributed by atoms with Gasteiger partial charge in [-0.2, -0.15) is 0 Å². The molecule has 1 amide bonds. The van der Waals surface area contributed by atoms with Crippen molar-refractivity contribution in [1.29, 1.82) is 0 Å². The summed E-state index contributed by atoms with van der Waals surface area (Å²) in [5, 5.41) is 9.60. The number of nitrogens with zero attached hydrogens (tertiary/aromatic N) is 1. The van der Waals surface area contributed by atoms with Gasteiger partial charge in [0.15, 0.2) is 0 Å². The third-order valence-electron chi connectivity index (χ3n) is 3.37. The normalized spacial score (nSPS) is 18.9. The number of benzene rings is 1. The van der Waals surface area contributed by atoms with Crippen LogP contribution < -0.4 is 0 Å². The standard InChI is InChI=1S/C14H16ClNO3/c15-12-5-3-10(4-6-12)2-1-7-16-9-11(14(18)19)8-13(16)17/h3-6,11H,1-2,7-9H2,(H,18,19)/t11-/m0/s1. The van der Waals surface area contributed by atoms with Crippen LogP contribution in [0.15, 0.2) is 24.3 Å². The summed E-state index contributed by atoms with van der Waals surface area (Å²) < 4.78 is 0. The van der Waals surface area contributed by atoms with Crippen LogP contribution in [-0.2, 0) is 16.0 Å². The molecule has 0 saturated carbocycles. The molecule has 0 unspecified atom stereocenters. The van der Waals surface area contributed by atoms with E-state index in [1.807, 2.05) is 24.3 Å². The van der Waals surface area contributed by atoms with Crippen molar-refractivity contribution < 1.29 is 14.7 Å². The van der Waals surface area contributed by atoms with E-state index in [2.05, 4.69) is 0 Å². The molecule has 1 aliphatic heterocycles. The Bertz CT molecular complexity index is 472. The summed E-state index contributed by atoms with van der Waals surface area (Å²) in [5.74, 6) is -1.47. The fourth-order valence-corrected chi connectivity index (χ4v) is 2.40. The van der Waals surface area contributed by atoms with Gasteiger partial charge in [-0.15, -0.1) is 0 Å². The van der Waals surface area contributed by atoms with Crippen molar-refractivity contribution >= 4 is 23.5 Å². The molecular weight excluding hydrogens is 266 g/mol. The minimum Gasteiger partial charge on any atom is -0.481 e. The van der Waals surface area contributed by atoms with E-state index >= 15 is 0 Å². The van der Waals surface area contributed by atoms with Gasteiger partial charge in [-0.1, -0.05) is 23.7 Å². The predicted molar refractivity (Wildman–Crippen MR) is 72.1 cm³/mol. The molecule has 5 heteroatoms. The Morgan fingerprint density at radius 3 is 2.63 bits per heavy atom. The molecule has 0 spiro atoms. The number of carboxylic acids is 1. The second kappa shape index (κ2) is 6.06. The van der Waals surface area contributed by atoms with E-state index < -0.39 is 11.9 Å². The van der Waals surface area contributed by atoms with Crippen LogP contribution >= 0.6 is 11.6 Å². The van der Waals surface area contributed by atoms with Gasteiger partial charge in [0.05, 0.1) is 5.92 Å². The number of aryl methyl sites for hydroxylation is 1. The largest absolute Gasteiger partial charge is 0.481 e. The maximum Gasteiger partial charge on any atom is 0.308 e. The van der Waals surface area contributed by atoms with Crippen molar-refractivity contribution in [3.05, 3.63) is 34.9 Å². The van der Waals surface area contributed by atoms with Gasteiger partial charge in [0.1, 0.15) is 0 Å². The summed E-state index contributed by atoms with van der Waals surface area (Å²) in [5.41, 5.74) is 1.17. The number of likely N-dealkylation sites (tertiary alicyclic amines) is 1. The van der Waals surface area contributed by atoms with Crippen LogP contribution in [0, 0.1) is 5.92 Å². The molecule has 0 aromatic heterocycles. The zero-order valence-electron chi connectivity index (χ0n) is 10.5. The Hall–Kier alpha value is -1.55. The summed E-state index contributed by atoms with van der Waals surface area (Å²) in [6, 6.07) is 7.62. The summed E-state index contributed by atoms with van der Waals surface area (Å²) in [4.78, 5) is 24.1. The van der Waals surface area contributed by atoms with E-state index in [1.165, 1.54) is 5.56 Å². The third-order valence-corrected chi connectivity index (χ3v) is 3.62. The first-order valence-electron chi connectivity index (χ1n) is 6.31. The number of halogens is 1. The summed E-state index contributed by atoms with van der Waals surface area (Å²) in [6.07, 6.45) is 1.83. The molecule has 2 rings (SSSR count). The summed E-state index contributed by atoms with van der Waals surface area (Å²) in [6.45, 7) is 0.958. The molecule has 19 heavy (non-hydrogen) atoms. The molecule has 1 heterocycles. The van der Waals surface area contributed by atoms with Crippen LogP contribution in [0.5, 0.6) is 0 Å². The second-order valence-corrected chi connectivity index (χ2v) is 5.25. The molecular formula is C14H16ClNO3. The van der Waals surface area contributed by atoms with Gasteiger partial charge in [-0.05, 0) is 30.5 Å². The van der Waals surface area contributed by atoms with E-state index in [1.54, 1.807) is 4.90 Å². The minimum atomic E-state index is -0.881. The quantitative estimate of drug-likeness (QED) is 0.900. The first-order valence-corrected chi connectivity index (χ1v) is 6.69. The van der Waals surface area contributed by atoms with Crippen LogP contribution in [0.2, 0.25) is 5.02 Å². The fourth-order valence-electron chi connectivity index (χ4n) is 2.28. The van der Waals surface area contributed by atoms with Crippen molar-refractivity contribution in [2.75, 3.05) is 13.1 Å². The predicted octanol–water partition coefficient (Wildman–Crippen LogP) is 2.21. The zero-order valence-corrected chi connectivity index (χ0v) is 11.3. The van der Waals surface area contributed by atoms with Crippen LogP contribution in [-0.4, -0.2) is 35.0 Å². The fraction of sp³-hybridized carbons (Fsp3) is 0.429. The molecule has 102 valence electrons. The number of carboxylic acid groups (broad SMARTS) is 1. The molecule has 1 N–H and O–H groups in total. The van der Waals surface area contributed by atoms with Gasteiger partial charge in [0, 0.05) is 24.5 Å². The van der Waals surface area contributed by atoms with Gasteiger partial charge in [-0.25, -0.2) is 0 Å². The molecule has 1 fully saturated rings. The molecule has 0 radical (unpaired) electrons. The molecule has 4 nitrogen and oxygen atoms in total. The number of aliphatic carboxylic acids is 1. The van der Waals surface area contributed by atoms with Gasteiger partial charge in [-0.3, -0.25) is 9.59 Å². The topological polar surface area (TPSA) is 57.6 Å². The number of rotatable bonds is 5. The Morgan fingerprint density at radius 1 is 1.37 bits per heavy atom. The molecule has 1 saturated heterocycles. The number of carbonyl (C=O) groups excluding carboxylic acids is 1. The van der Waals surface area contributed by atoms with Crippen molar-refractivity contribution in [1.82, 2.24) is 4.90 Å². The van der Waals surface area contributed by atoms with Crippen LogP contribution in [0.4, 0.5) is 0 Å². The molecule has 1 aromatic rings. The molecule has 1 aromatic carbocycles. The van der Waals surface area contributed by atoms with E-state index in [9.17, 15) is 9.59 Å². The van der Waals surface area contributed by atoms with Gasteiger partial charge in [0.25, 0.3) is 0 Å². The molecule has 0 aliphatic carbocycles.